The van der Waals surface area contributed by atoms with Crippen molar-refractivity contribution in [2.24, 2.45) is 15.9 Å². The molecule has 0 saturated heterocycles. The third kappa shape index (κ3) is 3.05. The minimum atomic E-state index is -1.51. The molecule has 2 atom stereocenters. The number of hydrogen-bond acceptors (Lipinski definition) is 5. The molecule has 0 unspecified atom stereocenters. The Labute approximate surface area is 113 Å². The molecular weight excluding hydrogens is 248 g/mol. The van der Waals surface area contributed by atoms with Gasteiger partial charge in [0.25, 0.3) is 0 Å². The zero-order chi connectivity index (χ0) is 14.6. The van der Waals surface area contributed by atoms with Crippen molar-refractivity contribution in [1.82, 2.24) is 0 Å². The number of nitrogens with zero attached hydrogens (tertiary/aromatic N) is 2. The first-order valence-electron chi connectivity index (χ1n) is 6.53. The number of carbonyl (C=O) groups is 1. The van der Waals surface area contributed by atoms with E-state index >= 15 is 0 Å². The lowest BCUT2D eigenvalue weighted by Crippen LogP contribution is -2.50. The third-order valence-electron chi connectivity index (χ3n) is 2.88. The molecule has 6 nitrogen and oxygen atoms in total. The van der Waals surface area contributed by atoms with Gasteiger partial charge in [0, 0.05) is 0 Å². The summed E-state index contributed by atoms with van der Waals surface area (Å²) in [6.07, 6.45) is 0. The van der Waals surface area contributed by atoms with E-state index in [9.17, 15) is 9.90 Å². The van der Waals surface area contributed by atoms with Gasteiger partial charge in [0.2, 0.25) is 17.3 Å². The van der Waals surface area contributed by atoms with Crippen LogP contribution >= 0.6 is 0 Å². The number of hydrogen-bond donors (Lipinski definition) is 1. The van der Waals surface area contributed by atoms with E-state index in [1.807, 2.05) is 20.8 Å². The van der Waals surface area contributed by atoms with E-state index < -0.39 is 11.5 Å². The van der Waals surface area contributed by atoms with Crippen molar-refractivity contribution in [3.8, 4) is 0 Å². The van der Waals surface area contributed by atoms with Crippen LogP contribution in [-0.2, 0) is 14.3 Å². The van der Waals surface area contributed by atoms with Gasteiger partial charge >= 0.3 is 5.97 Å². The fraction of sp³-hybridized carbons (Fsp3) is 0.769. The molecule has 0 saturated carbocycles. The van der Waals surface area contributed by atoms with E-state index in [1.165, 1.54) is 6.92 Å². The van der Waals surface area contributed by atoms with Crippen molar-refractivity contribution in [1.29, 1.82) is 0 Å². The summed E-state index contributed by atoms with van der Waals surface area (Å²) in [5.41, 5.74) is -1.51. The fourth-order valence-corrected chi connectivity index (χ4v) is 1.80. The standard InChI is InChI=1S/C13H22N2O4/c1-6-18-10-9(8(3)4)14-11(19-7-2)13(5,15-10)12(16)17/h8-9H,6-7H2,1-5H3,(H,16,17)/t9-,13-/m0/s1. The number of aliphatic imine (C=N–C) groups is 2. The Morgan fingerprint density at radius 1 is 1.37 bits per heavy atom. The van der Waals surface area contributed by atoms with Crippen LogP contribution in [0, 0.1) is 5.92 Å². The van der Waals surface area contributed by atoms with Gasteiger partial charge in [0.1, 0.15) is 6.04 Å². The summed E-state index contributed by atoms with van der Waals surface area (Å²) in [5.74, 6) is -0.436. The first kappa shape index (κ1) is 15.5. The van der Waals surface area contributed by atoms with Crippen LogP contribution in [0.15, 0.2) is 9.98 Å². The molecule has 0 bridgehead atoms. The number of carboxylic acid groups (broad SMARTS) is 1. The lowest BCUT2D eigenvalue weighted by atomic mass is 9.97. The maximum Gasteiger partial charge on any atom is 0.341 e. The van der Waals surface area contributed by atoms with Gasteiger partial charge in [0.05, 0.1) is 13.2 Å². The lowest BCUT2D eigenvalue weighted by Gasteiger charge is -2.31. The van der Waals surface area contributed by atoms with E-state index in [4.69, 9.17) is 9.47 Å². The van der Waals surface area contributed by atoms with Gasteiger partial charge in [-0.15, -0.1) is 0 Å². The molecule has 1 aliphatic rings. The SMILES string of the molecule is CCOC1=N[C@](C)(C(=O)O)C(OCC)=N[C@H]1C(C)C. The van der Waals surface area contributed by atoms with Gasteiger partial charge < -0.3 is 14.6 Å². The van der Waals surface area contributed by atoms with Gasteiger partial charge in [-0.05, 0) is 26.7 Å². The maximum atomic E-state index is 11.5. The van der Waals surface area contributed by atoms with E-state index in [0.717, 1.165) is 0 Å². The maximum absolute atomic E-state index is 11.5. The highest BCUT2D eigenvalue weighted by Gasteiger charge is 2.46. The highest BCUT2D eigenvalue weighted by Crippen LogP contribution is 2.25. The average molecular weight is 270 g/mol. The van der Waals surface area contributed by atoms with Gasteiger partial charge in [-0.1, -0.05) is 13.8 Å². The molecule has 1 N–H and O–H groups in total. The second-order valence-electron chi connectivity index (χ2n) is 4.82. The first-order chi connectivity index (χ1) is 8.86. The minimum absolute atomic E-state index is 0.143. The summed E-state index contributed by atoms with van der Waals surface area (Å²) in [6.45, 7) is 9.84. The van der Waals surface area contributed by atoms with Crippen molar-refractivity contribution >= 4 is 17.8 Å². The summed E-state index contributed by atoms with van der Waals surface area (Å²) in [6, 6.07) is -0.297. The molecule has 0 radical (unpaired) electrons. The zero-order valence-corrected chi connectivity index (χ0v) is 12.1. The van der Waals surface area contributed by atoms with Crippen molar-refractivity contribution in [3.63, 3.8) is 0 Å². The molecule has 0 amide bonds. The Morgan fingerprint density at radius 3 is 2.37 bits per heavy atom. The largest absolute Gasteiger partial charge is 0.480 e. The molecule has 0 aromatic carbocycles. The van der Waals surface area contributed by atoms with Crippen LogP contribution < -0.4 is 0 Å². The number of aliphatic carboxylic acids is 1. The summed E-state index contributed by atoms with van der Waals surface area (Å²) in [7, 11) is 0. The van der Waals surface area contributed by atoms with Crippen LogP contribution in [0.4, 0.5) is 0 Å². The van der Waals surface area contributed by atoms with Crippen molar-refractivity contribution in [2.45, 2.75) is 46.2 Å². The van der Waals surface area contributed by atoms with Gasteiger partial charge in [-0.25, -0.2) is 14.8 Å². The Kier molecular flexibility index (Phi) is 4.91. The molecule has 0 fully saturated rings. The van der Waals surface area contributed by atoms with Crippen LogP contribution in [0.5, 0.6) is 0 Å². The van der Waals surface area contributed by atoms with Crippen molar-refractivity contribution in [3.05, 3.63) is 0 Å². The van der Waals surface area contributed by atoms with Crippen LogP contribution in [0.3, 0.4) is 0 Å². The lowest BCUT2D eigenvalue weighted by molar-refractivity contribution is -0.140. The average Bonchev–Trinajstić information content (AvgIpc) is 2.32. The number of ether oxygens (including phenoxy) is 2. The second-order valence-corrected chi connectivity index (χ2v) is 4.82. The fourth-order valence-electron chi connectivity index (χ4n) is 1.80. The Balaban J connectivity index is 3.23. The van der Waals surface area contributed by atoms with E-state index in [1.54, 1.807) is 6.92 Å². The predicted molar refractivity (Wildman–Crippen MR) is 72.8 cm³/mol. The molecule has 1 heterocycles. The molecule has 1 rings (SSSR count). The third-order valence-corrected chi connectivity index (χ3v) is 2.88. The number of carboxylic acids is 1. The molecule has 0 spiro atoms. The monoisotopic (exact) mass is 270 g/mol. The minimum Gasteiger partial charge on any atom is -0.480 e. The highest BCUT2D eigenvalue weighted by atomic mass is 16.5. The molecule has 0 aromatic heterocycles. The summed E-state index contributed by atoms with van der Waals surface area (Å²) < 4.78 is 10.8. The summed E-state index contributed by atoms with van der Waals surface area (Å²) in [5, 5.41) is 9.38. The van der Waals surface area contributed by atoms with Crippen LogP contribution in [0.2, 0.25) is 0 Å². The predicted octanol–water partition coefficient (Wildman–Crippen LogP) is 1.74. The Hall–Kier alpha value is -1.59. The first-order valence-corrected chi connectivity index (χ1v) is 6.53. The summed E-state index contributed by atoms with van der Waals surface area (Å²) >= 11 is 0. The van der Waals surface area contributed by atoms with Gasteiger partial charge in [-0.3, -0.25) is 0 Å². The quantitative estimate of drug-likeness (QED) is 0.843. The second kappa shape index (κ2) is 6.04. The van der Waals surface area contributed by atoms with Crippen LogP contribution in [0.1, 0.15) is 34.6 Å². The van der Waals surface area contributed by atoms with E-state index in [2.05, 4.69) is 9.98 Å². The normalized spacial score (nSPS) is 26.7. The number of rotatable bonds is 4. The van der Waals surface area contributed by atoms with E-state index in [-0.39, 0.29) is 17.9 Å². The molecule has 1 aliphatic heterocycles. The Morgan fingerprint density at radius 2 is 1.95 bits per heavy atom. The smallest absolute Gasteiger partial charge is 0.341 e. The molecule has 108 valence electrons. The topological polar surface area (TPSA) is 80.5 Å². The zero-order valence-electron chi connectivity index (χ0n) is 12.1. The van der Waals surface area contributed by atoms with Gasteiger partial charge in [0.15, 0.2) is 0 Å². The van der Waals surface area contributed by atoms with E-state index in [0.29, 0.717) is 19.1 Å². The molecule has 0 aromatic rings. The van der Waals surface area contributed by atoms with Crippen LogP contribution in [-0.4, -0.2) is 47.7 Å². The molecule has 19 heavy (non-hydrogen) atoms. The van der Waals surface area contributed by atoms with Gasteiger partial charge in [-0.2, -0.15) is 0 Å². The summed E-state index contributed by atoms with van der Waals surface area (Å²) in [4.78, 5) is 20.1. The molecule has 0 aliphatic carbocycles. The van der Waals surface area contributed by atoms with Crippen molar-refractivity contribution in [2.75, 3.05) is 13.2 Å². The molecule has 6 heteroatoms. The Bertz CT molecular complexity index is 403. The molecular formula is C13H22N2O4. The van der Waals surface area contributed by atoms with Crippen molar-refractivity contribution < 1.29 is 19.4 Å². The van der Waals surface area contributed by atoms with Crippen LogP contribution in [0.25, 0.3) is 0 Å². The highest BCUT2D eigenvalue weighted by molar-refractivity contribution is 6.10.